The second kappa shape index (κ2) is 7.92. The molecule has 1 amide bonds. The average molecular weight is 346 g/mol. The average Bonchev–Trinajstić information content (AvgIpc) is 3.03. The first kappa shape index (κ1) is 18.6. The number of hydrogen-bond acceptors (Lipinski definition) is 4. The number of anilines is 1. The maximum Gasteiger partial charge on any atom is 0.225 e. The van der Waals surface area contributed by atoms with E-state index in [1.165, 1.54) is 16.9 Å². The second-order valence-electron chi connectivity index (χ2n) is 6.60. The number of rotatable bonds is 7. The molecule has 0 aliphatic carbocycles. The molecule has 1 aromatic heterocycles. The van der Waals surface area contributed by atoms with Gasteiger partial charge in [-0.05, 0) is 50.8 Å². The molecule has 2 atom stereocenters. The van der Waals surface area contributed by atoms with Gasteiger partial charge in [-0.25, -0.2) is 0 Å². The Balaban J connectivity index is 1.83. The van der Waals surface area contributed by atoms with Crippen LogP contribution in [0.1, 0.15) is 36.3 Å². The lowest BCUT2D eigenvalue weighted by Crippen LogP contribution is -2.40. The molecule has 1 heterocycles. The zero-order valence-electron chi connectivity index (χ0n) is 14.7. The third-order valence-corrected chi connectivity index (χ3v) is 5.12. The van der Waals surface area contributed by atoms with Gasteiger partial charge in [0, 0.05) is 29.6 Å². The summed E-state index contributed by atoms with van der Waals surface area (Å²) in [6, 6.07) is 9.79. The number of thiophene rings is 1. The van der Waals surface area contributed by atoms with Crippen LogP contribution in [0.25, 0.3) is 0 Å². The van der Waals surface area contributed by atoms with Gasteiger partial charge in [-0.1, -0.05) is 23.8 Å². The van der Waals surface area contributed by atoms with Crippen molar-refractivity contribution >= 4 is 22.9 Å². The summed E-state index contributed by atoms with van der Waals surface area (Å²) >= 11 is 1.53. The monoisotopic (exact) mass is 346 g/mol. The van der Waals surface area contributed by atoms with Crippen molar-refractivity contribution in [2.24, 2.45) is 0 Å². The highest BCUT2D eigenvalue weighted by molar-refractivity contribution is 7.10. The van der Waals surface area contributed by atoms with Gasteiger partial charge in [0.2, 0.25) is 5.91 Å². The van der Waals surface area contributed by atoms with E-state index in [0.717, 1.165) is 16.1 Å². The molecule has 2 aromatic rings. The summed E-state index contributed by atoms with van der Waals surface area (Å²) in [5.41, 5.74) is 2.16. The molecule has 3 N–H and O–H groups in total. The summed E-state index contributed by atoms with van der Waals surface area (Å²) in [5.74, 6) is -0.0299. The maximum atomic E-state index is 12.2. The summed E-state index contributed by atoms with van der Waals surface area (Å²) in [6.45, 7) is 8.17. The first-order valence-corrected chi connectivity index (χ1v) is 9.03. The molecule has 4 nitrogen and oxygen atoms in total. The van der Waals surface area contributed by atoms with Crippen molar-refractivity contribution in [2.45, 2.75) is 45.8 Å². The first-order chi connectivity index (χ1) is 11.3. The SMILES string of the molecule is Cc1ccc(NC(=O)C[C@H](C)NC[C@](C)(O)c2cccs2)c(C)c1. The van der Waals surface area contributed by atoms with Crippen LogP contribution in [-0.2, 0) is 10.4 Å². The minimum atomic E-state index is -0.924. The van der Waals surface area contributed by atoms with Gasteiger partial charge in [0.25, 0.3) is 0 Å². The number of nitrogens with one attached hydrogen (secondary N) is 2. The van der Waals surface area contributed by atoms with Crippen LogP contribution in [0, 0.1) is 13.8 Å². The Morgan fingerprint density at radius 1 is 1.33 bits per heavy atom. The summed E-state index contributed by atoms with van der Waals surface area (Å²) in [7, 11) is 0. The van der Waals surface area contributed by atoms with Crippen molar-refractivity contribution in [2.75, 3.05) is 11.9 Å². The van der Waals surface area contributed by atoms with Crippen molar-refractivity contribution in [3.63, 3.8) is 0 Å². The van der Waals surface area contributed by atoms with Gasteiger partial charge in [0.15, 0.2) is 0 Å². The number of aliphatic hydroxyl groups is 1. The normalized spacial score (nSPS) is 14.9. The van der Waals surface area contributed by atoms with Gasteiger partial charge < -0.3 is 15.7 Å². The molecule has 130 valence electrons. The predicted octanol–water partition coefficient (Wildman–Crippen LogP) is 3.58. The van der Waals surface area contributed by atoms with Gasteiger partial charge in [-0.2, -0.15) is 0 Å². The van der Waals surface area contributed by atoms with E-state index in [9.17, 15) is 9.90 Å². The van der Waals surface area contributed by atoms with Gasteiger partial charge in [0.05, 0.1) is 0 Å². The molecule has 0 spiro atoms. The summed E-state index contributed by atoms with van der Waals surface area (Å²) in [6.07, 6.45) is 0.355. The Morgan fingerprint density at radius 2 is 2.08 bits per heavy atom. The minimum Gasteiger partial charge on any atom is -0.383 e. The van der Waals surface area contributed by atoms with Crippen LogP contribution in [0.2, 0.25) is 0 Å². The highest BCUT2D eigenvalue weighted by atomic mass is 32.1. The number of carbonyl (C=O) groups excluding carboxylic acids is 1. The second-order valence-corrected chi connectivity index (χ2v) is 7.55. The third kappa shape index (κ3) is 5.16. The van der Waals surface area contributed by atoms with Crippen LogP contribution >= 0.6 is 11.3 Å². The van der Waals surface area contributed by atoms with E-state index in [1.807, 2.05) is 50.4 Å². The lowest BCUT2D eigenvalue weighted by atomic mass is 10.0. The summed E-state index contributed by atoms with van der Waals surface area (Å²) < 4.78 is 0. The lowest BCUT2D eigenvalue weighted by Gasteiger charge is -2.25. The van der Waals surface area contributed by atoms with Crippen LogP contribution in [0.3, 0.4) is 0 Å². The molecule has 0 saturated heterocycles. The van der Waals surface area contributed by atoms with E-state index in [1.54, 1.807) is 6.92 Å². The highest BCUT2D eigenvalue weighted by Crippen LogP contribution is 2.24. The van der Waals surface area contributed by atoms with Crippen LogP contribution in [0.4, 0.5) is 5.69 Å². The van der Waals surface area contributed by atoms with Gasteiger partial charge in [0.1, 0.15) is 5.60 Å². The molecule has 2 rings (SSSR count). The van der Waals surface area contributed by atoms with E-state index in [-0.39, 0.29) is 11.9 Å². The first-order valence-electron chi connectivity index (χ1n) is 8.15. The Labute approximate surface area is 147 Å². The van der Waals surface area contributed by atoms with E-state index in [0.29, 0.717) is 13.0 Å². The molecule has 0 unspecified atom stereocenters. The molecule has 0 saturated carbocycles. The smallest absolute Gasteiger partial charge is 0.225 e. The van der Waals surface area contributed by atoms with Gasteiger partial charge in [-0.15, -0.1) is 11.3 Å². The van der Waals surface area contributed by atoms with E-state index < -0.39 is 5.60 Å². The number of amides is 1. The Kier molecular flexibility index (Phi) is 6.15. The third-order valence-electron chi connectivity index (χ3n) is 3.99. The Hall–Kier alpha value is -1.69. The van der Waals surface area contributed by atoms with Crippen molar-refractivity contribution in [3.8, 4) is 0 Å². The van der Waals surface area contributed by atoms with Crippen LogP contribution in [0.5, 0.6) is 0 Å². The fourth-order valence-corrected chi connectivity index (χ4v) is 3.34. The van der Waals surface area contributed by atoms with Crippen LogP contribution in [0.15, 0.2) is 35.7 Å². The van der Waals surface area contributed by atoms with Gasteiger partial charge in [-0.3, -0.25) is 4.79 Å². The molecular weight excluding hydrogens is 320 g/mol. The molecule has 24 heavy (non-hydrogen) atoms. The lowest BCUT2D eigenvalue weighted by molar-refractivity contribution is -0.116. The zero-order valence-corrected chi connectivity index (χ0v) is 15.5. The number of aryl methyl sites for hydroxylation is 2. The van der Waals surface area contributed by atoms with Crippen molar-refractivity contribution < 1.29 is 9.90 Å². The van der Waals surface area contributed by atoms with E-state index in [2.05, 4.69) is 16.7 Å². The molecule has 5 heteroatoms. The largest absolute Gasteiger partial charge is 0.383 e. The quantitative estimate of drug-likeness (QED) is 0.718. The predicted molar refractivity (Wildman–Crippen MR) is 101 cm³/mol. The number of hydrogen-bond donors (Lipinski definition) is 3. The molecule has 1 aromatic carbocycles. The molecule has 0 fully saturated rings. The Morgan fingerprint density at radius 3 is 2.71 bits per heavy atom. The molecule has 0 aliphatic heterocycles. The Bertz CT molecular complexity index is 681. The van der Waals surface area contributed by atoms with Gasteiger partial charge >= 0.3 is 0 Å². The van der Waals surface area contributed by atoms with Crippen molar-refractivity contribution in [1.29, 1.82) is 0 Å². The topological polar surface area (TPSA) is 61.4 Å². The molecule has 0 aliphatic rings. The minimum absolute atomic E-state index is 0.0257. The fraction of sp³-hybridized carbons (Fsp3) is 0.421. The fourth-order valence-electron chi connectivity index (χ4n) is 2.55. The maximum absolute atomic E-state index is 12.2. The van der Waals surface area contributed by atoms with E-state index in [4.69, 9.17) is 0 Å². The number of carbonyl (C=O) groups is 1. The molecular formula is C19H26N2O2S. The van der Waals surface area contributed by atoms with Crippen molar-refractivity contribution in [3.05, 3.63) is 51.7 Å². The molecule has 0 radical (unpaired) electrons. The summed E-state index contributed by atoms with van der Waals surface area (Å²) in [4.78, 5) is 13.1. The van der Waals surface area contributed by atoms with Crippen LogP contribution < -0.4 is 10.6 Å². The van der Waals surface area contributed by atoms with Crippen LogP contribution in [-0.4, -0.2) is 23.6 Å². The standard InChI is InChI=1S/C19H26N2O2S/c1-13-7-8-16(14(2)10-13)21-18(22)11-15(3)20-12-19(4,23)17-6-5-9-24-17/h5-10,15,20,23H,11-12H2,1-4H3,(H,21,22)/t15-,19-/m0/s1. The zero-order chi connectivity index (χ0) is 17.7. The molecule has 0 bridgehead atoms. The summed E-state index contributed by atoms with van der Waals surface area (Å²) in [5, 5.41) is 18.7. The highest BCUT2D eigenvalue weighted by Gasteiger charge is 2.24. The van der Waals surface area contributed by atoms with Crippen molar-refractivity contribution in [1.82, 2.24) is 5.32 Å². The van der Waals surface area contributed by atoms with E-state index >= 15 is 0 Å². The number of benzene rings is 1.